The number of hydrogen-bond donors (Lipinski definition) is 2. The van der Waals surface area contributed by atoms with Crippen molar-refractivity contribution in [3.8, 4) is 5.75 Å². The van der Waals surface area contributed by atoms with Crippen LogP contribution in [-0.2, 0) is 21.0 Å². The summed E-state index contributed by atoms with van der Waals surface area (Å²) in [5.41, 5.74) is 3.87. The van der Waals surface area contributed by atoms with Gasteiger partial charge in [0.25, 0.3) is 0 Å². The topological polar surface area (TPSA) is 101 Å². The molecule has 0 spiro atoms. The number of benzene rings is 3. The van der Waals surface area contributed by atoms with E-state index in [2.05, 4.69) is 22.2 Å². The molecule has 42 heavy (non-hydrogen) atoms. The average Bonchev–Trinajstić information content (AvgIpc) is 2.99. The van der Waals surface area contributed by atoms with Crippen LogP contribution in [0.5, 0.6) is 5.75 Å². The van der Waals surface area contributed by atoms with E-state index < -0.39 is 5.91 Å². The van der Waals surface area contributed by atoms with Crippen LogP contribution in [0.1, 0.15) is 16.8 Å². The quantitative estimate of drug-likeness (QED) is 0.206. The molecular formula is C32H28Cl2N4O4. The number of aryl methyl sites for hydroxylation is 1. The van der Waals surface area contributed by atoms with Gasteiger partial charge in [-0.05, 0) is 61.0 Å². The van der Waals surface area contributed by atoms with Crippen molar-refractivity contribution in [1.82, 2.24) is 10.3 Å². The lowest BCUT2D eigenvalue weighted by molar-refractivity contribution is -0.122. The Balaban J connectivity index is 1.37. The molecule has 0 atom stereocenters. The SMILES string of the molecule is C=CC(=O)Nc1ccc(/C=C/C(=O)NCC(=O)N(C)c2ccc(Cl)c(COc3cccc4ccc(C)nc34)c2Cl)cc1. The third kappa shape index (κ3) is 7.54. The van der Waals surface area contributed by atoms with Gasteiger partial charge in [-0.2, -0.15) is 0 Å². The van der Waals surface area contributed by atoms with Gasteiger partial charge in [-0.15, -0.1) is 0 Å². The molecule has 0 radical (unpaired) electrons. The number of likely N-dealkylation sites (N-methyl/N-ethyl adjacent to an activating group) is 1. The summed E-state index contributed by atoms with van der Waals surface area (Å²) in [6.45, 7) is 5.13. The van der Waals surface area contributed by atoms with Gasteiger partial charge in [0.2, 0.25) is 17.7 Å². The van der Waals surface area contributed by atoms with Crippen molar-refractivity contribution in [1.29, 1.82) is 0 Å². The first kappa shape index (κ1) is 30.3. The smallest absolute Gasteiger partial charge is 0.247 e. The van der Waals surface area contributed by atoms with Gasteiger partial charge < -0.3 is 20.3 Å². The zero-order valence-electron chi connectivity index (χ0n) is 23.0. The summed E-state index contributed by atoms with van der Waals surface area (Å²) in [4.78, 5) is 42.5. The van der Waals surface area contributed by atoms with E-state index in [4.69, 9.17) is 27.9 Å². The zero-order valence-corrected chi connectivity index (χ0v) is 24.5. The molecule has 1 heterocycles. The van der Waals surface area contributed by atoms with Gasteiger partial charge in [0.05, 0.1) is 17.3 Å². The fraction of sp³-hybridized carbons (Fsp3) is 0.125. The number of fused-ring (bicyclic) bond motifs is 1. The number of rotatable bonds is 10. The van der Waals surface area contributed by atoms with Crippen LogP contribution in [0.15, 0.2) is 85.5 Å². The third-order valence-electron chi connectivity index (χ3n) is 6.30. The molecule has 0 aliphatic rings. The van der Waals surface area contributed by atoms with Crippen molar-refractivity contribution in [3.05, 3.63) is 112 Å². The van der Waals surface area contributed by atoms with E-state index >= 15 is 0 Å². The Bertz CT molecular complexity index is 1690. The summed E-state index contributed by atoms with van der Waals surface area (Å²) < 4.78 is 6.07. The summed E-state index contributed by atoms with van der Waals surface area (Å²) >= 11 is 13.1. The number of amides is 3. The van der Waals surface area contributed by atoms with Crippen molar-refractivity contribution in [2.75, 3.05) is 23.8 Å². The molecule has 0 bridgehead atoms. The highest BCUT2D eigenvalue weighted by atomic mass is 35.5. The Morgan fingerprint density at radius 3 is 2.50 bits per heavy atom. The van der Waals surface area contributed by atoms with Crippen LogP contribution in [0.2, 0.25) is 10.0 Å². The van der Waals surface area contributed by atoms with Crippen molar-refractivity contribution >= 4 is 69.3 Å². The molecule has 3 aromatic carbocycles. The molecule has 0 aliphatic heterocycles. The molecule has 4 rings (SSSR count). The van der Waals surface area contributed by atoms with Gasteiger partial charge in [0.1, 0.15) is 17.9 Å². The second-order valence-corrected chi connectivity index (χ2v) is 10.0. The molecule has 3 amide bonds. The van der Waals surface area contributed by atoms with E-state index in [0.717, 1.165) is 22.2 Å². The van der Waals surface area contributed by atoms with Gasteiger partial charge in [-0.1, -0.05) is 60.1 Å². The van der Waals surface area contributed by atoms with Gasteiger partial charge >= 0.3 is 0 Å². The number of carbonyl (C=O) groups is 3. The standard InChI is InChI=1S/C32H28Cl2N4O4/c1-4-28(39)37-23-13-9-21(10-14-23)11-17-29(40)35-18-30(41)38(3)26-16-15-25(33)24(31(26)34)19-42-27-7-5-6-22-12-8-20(2)36-32(22)27/h4-17H,1,18-19H2,2-3H3,(H,35,40)(H,37,39)/b17-11+. The van der Waals surface area contributed by atoms with E-state index in [0.29, 0.717) is 27.7 Å². The first-order valence-corrected chi connectivity index (χ1v) is 13.6. The third-order valence-corrected chi connectivity index (χ3v) is 7.08. The van der Waals surface area contributed by atoms with Crippen LogP contribution in [0.3, 0.4) is 0 Å². The number of para-hydroxylation sites is 1. The molecule has 10 heteroatoms. The molecule has 0 unspecified atom stereocenters. The Morgan fingerprint density at radius 2 is 1.76 bits per heavy atom. The minimum atomic E-state index is -0.448. The minimum Gasteiger partial charge on any atom is -0.487 e. The van der Waals surface area contributed by atoms with E-state index in [9.17, 15) is 14.4 Å². The summed E-state index contributed by atoms with van der Waals surface area (Å²) in [6.07, 6.45) is 4.09. The number of aromatic nitrogens is 1. The molecule has 0 saturated heterocycles. The highest BCUT2D eigenvalue weighted by Gasteiger charge is 2.19. The second-order valence-electron chi connectivity index (χ2n) is 9.25. The highest BCUT2D eigenvalue weighted by Crippen LogP contribution is 2.35. The van der Waals surface area contributed by atoms with Crippen molar-refractivity contribution < 1.29 is 19.1 Å². The molecule has 0 aliphatic carbocycles. The number of carbonyl (C=O) groups excluding carboxylic acids is 3. The number of nitrogens with one attached hydrogen (secondary N) is 2. The van der Waals surface area contributed by atoms with Crippen LogP contribution >= 0.6 is 23.2 Å². The molecule has 0 fully saturated rings. The van der Waals surface area contributed by atoms with Crippen molar-refractivity contribution in [2.24, 2.45) is 0 Å². The molecule has 2 N–H and O–H groups in total. The Labute approximate surface area is 253 Å². The molecule has 0 saturated carbocycles. The molecule has 214 valence electrons. The van der Waals surface area contributed by atoms with E-state index in [1.165, 1.54) is 17.1 Å². The minimum absolute atomic E-state index is 0.0609. The highest BCUT2D eigenvalue weighted by molar-refractivity contribution is 6.38. The number of ether oxygens (including phenoxy) is 1. The number of hydrogen-bond acceptors (Lipinski definition) is 5. The van der Waals surface area contributed by atoms with Crippen LogP contribution in [0.25, 0.3) is 17.0 Å². The maximum atomic E-state index is 12.9. The van der Waals surface area contributed by atoms with Crippen molar-refractivity contribution in [3.63, 3.8) is 0 Å². The van der Waals surface area contributed by atoms with E-state index in [1.807, 2.05) is 37.3 Å². The van der Waals surface area contributed by atoms with Crippen LogP contribution in [0.4, 0.5) is 11.4 Å². The van der Waals surface area contributed by atoms with Crippen LogP contribution in [0, 0.1) is 6.92 Å². The Kier molecular flexibility index (Phi) is 9.96. The Morgan fingerprint density at radius 1 is 1.00 bits per heavy atom. The molecule has 8 nitrogen and oxygen atoms in total. The average molecular weight is 604 g/mol. The van der Waals surface area contributed by atoms with E-state index in [-0.39, 0.29) is 30.0 Å². The largest absolute Gasteiger partial charge is 0.487 e. The van der Waals surface area contributed by atoms with Crippen molar-refractivity contribution in [2.45, 2.75) is 13.5 Å². The normalized spacial score (nSPS) is 10.9. The zero-order chi connectivity index (χ0) is 30.2. The maximum absolute atomic E-state index is 12.9. The number of nitrogens with zero attached hydrogens (tertiary/aromatic N) is 2. The first-order chi connectivity index (χ1) is 20.2. The molecule has 4 aromatic rings. The number of halogens is 2. The van der Waals surface area contributed by atoms with Crippen LogP contribution in [-0.4, -0.2) is 36.3 Å². The maximum Gasteiger partial charge on any atom is 0.247 e. The summed E-state index contributed by atoms with van der Waals surface area (Å²) in [5, 5.41) is 6.82. The van der Waals surface area contributed by atoms with Gasteiger partial charge in [-0.3, -0.25) is 14.4 Å². The van der Waals surface area contributed by atoms with Gasteiger partial charge in [0.15, 0.2) is 0 Å². The molecule has 1 aromatic heterocycles. The summed E-state index contributed by atoms with van der Waals surface area (Å²) in [7, 11) is 1.56. The fourth-order valence-corrected chi connectivity index (χ4v) is 4.58. The lowest BCUT2D eigenvalue weighted by Crippen LogP contribution is -2.37. The fourth-order valence-electron chi connectivity index (χ4n) is 3.98. The molecular weight excluding hydrogens is 575 g/mol. The van der Waals surface area contributed by atoms with Gasteiger partial charge in [0, 0.05) is 40.5 Å². The summed E-state index contributed by atoms with van der Waals surface area (Å²) in [6, 6.07) is 19.7. The van der Waals surface area contributed by atoms with E-state index in [1.54, 1.807) is 49.5 Å². The first-order valence-electron chi connectivity index (χ1n) is 12.9. The second kappa shape index (κ2) is 13.8. The number of anilines is 2. The summed E-state index contributed by atoms with van der Waals surface area (Å²) in [5.74, 6) is -0.561. The predicted molar refractivity (Wildman–Crippen MR) is 168 cm³/mol. The number of pyridine rings is 1. The monoisotopic (exact) mass is 602 g/mol. The van der Waals surface area contributed by atoms with Crippen LogP contribution < -0.4 is 20.3 Å². The van der Waals surface area contributed by atoms with Gasteiger partial charge in [-0.25, -0.2) is 4.98 Å². The lowest BCUT2D eigenvalue weighted by atomic mass is 10.1. The predicted octanol–water partition coefficient (Wildman–Crippen LogP) is 6.35. The lowest BCUT2D eigenvalue weighted by Gasteiger charge is -2.21. The Hall–Kier alpha value is -4.66.